The van der Waals surface area contributed by atoms with E-state index in [1.54, 1.807) is 0 Å². The molecule has 1 aromatic rings. The van der Waals surface area contributed by atoms with E-state index in [1.165, 1.54) is 19.3 Å². The fourth-order valence-electron chi connectivity index (χ4n) is 3.61. The lowest BCUT2D eigenvalue weighted by molar-refractivity contribution is -0.219. The fourth-order valence-corrected chi connectivity index (χ4v) is 4.09. The number of hydrogen-bond donors (Lipinski definition) is 3. The maximum Gasteiger partial charge on any atom is 0.360 e. The van der Waals surface area contributed by atoms with E-state index in [2.05, 4.69) is 22.6 Å². The molecule has 3 atom stereocenters. The predicted molar refractivity (Wildman–Crippen MR) is 149 cm³/mol. The normalized spacial score (nSPS) is 16.2. The van der Waals surface area contributed by atoms with Crippen molar-refractivity contribution >= 4 is 20.5 Å². The number of benzene rings is 1. The summed E-state index contributed by atoms with van der Waals surface area (Å²) in [4.78, 5) is 36.6. The highest BCUT2D eigenvalue weighted by Crippen LogP contribution is 2.33. The van der Waals surface area contributed by atoms with Crippen LogP contribution in [-0.2, 0) is 39.6 Å². The van der Waals surface area contributed by atoms with E-state index in [0.29, 0.717) is 19.4 Å². The third-order valence-electron chi connectivity index (χ3n) is 5.83. The van der Waals surface area contributed by atoms with Gasteiger partial charge in [0.1, 0.15) is 18.4 Å². The van der Waals surface area contributed by atoms with Crippen LogP contribution in [0.25, 0.3) is 0 Å². The van der Waals surface area contributed by atoms with Crippen LogP contribution in [0.2, 0.25) is 0 Å². The molecule has 0 aromatic heterocycles. The molecule has 0 saturated heterocycles. The minimum atomic E-state index is -2.35. The predicted octanol–water partition coefficient (Wildman–Crippen LogP) is 4.58. The maximum atomic E-state index is 12.1. The number of rotatable bonds is 22. The second-order valence-electron chi connectivity index (χ2n) is 9.30. The van der Waals surface area contributed by atoms with Gasteiger partial charge in [0.05, 0.1) is 32.2 Å². The Balaban J connectivity index is 1.56. The van der Waals surface area contributed by atoms with E-state index in [-0.39, 0.29) is 31.5 Å². The van der Waals surface area contributed by atoms with Gasteiger partial charge in [-0.15, -0.1) is 0 Å². The molecule has 0 amide bonds. The number of allylic oxidation sites excluding steroid dienone is 3. The van der Waals surface area contributed by atoms with Gasteiger partial charge < -0.3 is 34.5 Å². The SMILES string of the molecule is CCCCCCOC1=CC=CC(COc2cccc(CCC(=O)OCCCOP(O)OOC[C@H](N)C(=O)O)c2)C1. The van der Waals surface area contributed by atoms with Crippen LogP contribution in [0.3, 0.4) is 0 Å². The zero-order valence-corrected chi connectivity index (χ0v) is 24.0. The number of nitrogens with two attached hydrogens (primary N) is 1. The third kappa shape index (κ3) is 15.3. The van der Waals surface area contributed by atoms with Gasteiger partial charge in [-0.2, -0.15) is 4.67 Å². The largest absolute Gasteiger partial charge is 0.498 e. The van der Waals surface area contributed by atoms with Crippen LogP contribution in [0.5, 0.6) is 5.75 Å². The second kappa shape index (κ2) is 20.4. The molecular formula is C28H42NO10P. The minimum Gasteiger partial charge on any atom is -0.498 e. The molecule has 0 saturated carbocycles. The first-order valence-electron chi connectivity index (χ1n) is 13.6. The summed E-state index contributed by atoms with van der Waals surface area (Å²) in [5, 5.41) is 8.61. The second-order valence-corrected chi connectivity index (χ2v) is 10.2. The summed E-state index contributed by atoms with van der Waals surface area (Å²) in [7, 11) is -2.35. The van der Waals surface area contributed by atoms with Gasteiger partial charge in [-0.1, -0.05) is 50.5 Å². The van der Waals surface area contributed by atoms with Gasteiger partial charge in [-0.05, 0) is 36.6 Å². The number of esters is 1. The minimum absolute atomic E-state index is 0.0573. The quantitative estimate of drug-likeness (QED) is 0.0577. The number of aliphatic carboxylic acids is 1. The van der Waals surface area contributed by atoms with Crippen LogP contribution in [-0.4, -0.2) is 61.0 Å². The molecule has 2 unspecified atom stereocenters. The van der Waals surface area contributed by atoms with Crippen LogP contribution >= 0.6 is 8.60 Å². The van der Waals surface area contributed by atoms with Crippen molar-refractivity contribution < 1.29 is 47.9 Å². The van der Waals surface area contributed by atoms with Gasteiger partial charge in [0.25, 0.3) is 0 Å². The Morgan fingerprint density at radius 3 is 2.77 bits per heavy atom. The van der Waals surface area contributed by atoms with Gasteiger partial charge in [0.15, 0.2) is 0 Å². The summed E-state index contributed by atoms with van der Waals surface area (Å²) >= 11 is 0. The van der Waals surface area contributed by atoms with Crippen molar-refractivity contribution in [1.82, 2.24) is 0 Å². The topological polar surface area (TPSA) is 156 Å². The number of unbranched alkanes of at least 4 members (excludes halogenated alkanes) is 3. The lowest BCUT2D eigenvalue weighted by atomic mass is 10.0. The molecule has 11 nitrogen and oxygen atoms in total. The molecule has 2 rings (SSSR count). The summed E-state index contributed by atoms with van der Waals surface area (Å²) < 4.78 is 26.6. The van der Waals surface area contributed by atoms with Crippen molar-refractivity contribution in [2.45, 2.75) is 64.3 Å². The number of carboxylic acid groups (broad SMARTS) is 1. The zero-order valence-electron chi connectivity index (χ0n) is 23.1. The number of aryl methyl sites for hydroxylation is 1. The average Bonchev–Trinajstić information content (AvgIpc) is 2.95. The fraction of sp³-hybridized carbons (Fsp3) is 0.571. The van der Waals surface area contributed by atoms with Gasteiger partial charge >= 0.3 is 20.5 Å². The van der Waals surface area contributed by atoms with E-state index in [4.69, 9.17) is 29.6 Å². The molecule has 40 heavy (non-hydrogen) atoms. The Morgan fingerprint density at radius 1 is 1.12 bits per heavy atom. The van der Waals surface area contributed by atoms with Gasteiger partial charge in [-0.25, -0.2) is 4.89 Å². The lowest BCUT2D eigenvalue weighted by Gasteiger charge is -2.20. The molecule has 0 heterocycles. The van der Waals surface area contributed by atoms with Crippen molar-refractivity contribution in [2.75, 3.05) is 33.0 Å². The summed E-state index contributed by atoms with van der Waals surface area (Å²) in [6, 6.07) is 6.41. The average molecular weight is 584 g/mol. The molecule has 0 fully saturated rings. The lowest BCUT2D eigenvalue weighted by Crippen LogP contribution is -2.34. The first kappa shape index (κ1) is 33.7. The van der Waals surface area contributed by atoms with Crippen molar-refractivity contribution in [3.05, 3.63) is 53.8 Å². The first-order chi connectivity index (χ1) is 19.4. The summed E-state index contributed by atoms with van der Waals surface area (Å²) in [5.74, 6) is 0.401. The Labute approximate surface area is 237 Å². The summed E-state index contributed by atoms with van der Waals surface area (Å²) in [6.45, 7) is 3.24. The number of carbonyl (C=O) groups is 2. The molecule has 4 N–H and O–H groups in total. The molecule has 0 radical (unpaired) electrons. The Bertz CT molecular complexity index is 941. The molecule has 0 spiro atoms. The smallest absolute Gasteiger partial charge is 0.360 e. The van der Waals surface area contributed by atoms with Crippen LogP contribution < -0.4 is 10.5 Å². The molecular weight excluding hydrogens is 541 g/mol. The monoisotopic (exact) mass is 583 g/mol. The van der Waals surface area contributed by atoms with Crippen molar-refractivity contribution in [2.24, 2.45) is 11.7 Å². The molecule has 224 valence electrons. The molecule has 12 heteroatoms. The Kier molecular flexibility index (Phi) is 17.1. The van der Waals surface area contributed by atoms with Crippen molar-refractivity contribution in [3.63, 3.8) is 0 Å². The number of carbonyl (C=O) groups excluding carboxylic acids is 1. The van der Waals surface area contributed by atoms with Crippen LogP contribution in [0.1, 0.15) is 57.4 Å². The maximum absolute atomic E-state index is 12.1. The highest BCUT2D eigenvalue weighted by Gasteiger charge is 2.16. The van der Waals surface area contributed by atoms with Crippen LogP contribution in [0.4, 0.5) is 0 Å². The van der Waals surface area contributed by atoms with Crippen molar-refractivity contribution in [1.29, 1.82) is 0 Å². The first-order valence-corrected chi connectivity index (χ1v) is 14.8. The number of carboxylic acids is 1. The summed E-state index contributed by atoms with van der Waals surface area (Å²) in [6.07, 6.45) is 12.8. The van der Waals surface area contributed by atoms with E-state index >= 15 is 0 Å². The Hall–Kier alpha value is -2.53. The third-order valence-corrected chi connectivity index (χ3v) is 6.47. The van der Waals surface area contributed by atoms with Crippen LogP contribution in [0, 0.1) is 5.92 Å². The highest BCUT2D eigenvalue weighted by molar-refractivity contribution is 7.40. The number of hydrogen-bond acceptors (Lipinski definition) is 10. The van der Waals surface area contributed by atoms with E-state index in [0.717, 1.165) is 36.5 Å². The highest BCUT2D eigenvalue weighted by atomic mass is 31.2. The number of ether oxygens (including phenoxy) is 3. The van der Waals surface area contributed by atoms with Gasteiger partial charge in [0.2, 0.25) is 0 Å². The Morgan fingerprint density at radius 2 is 1.98 bits per heavy atom. The molecule has 1 aliphatic rings. The molecule has 0 aliphatic heterocycles. The standard InChI is InChI=1S/C28H42NO10P/c1-2-3-4-5-15-34-24-11-7-10-23(19-24)20-36-25-12-6-9-22(18-25)13-14-27(30)35-16-8-17-38-40(33)39-37-21-26(29)28(31)32/h6-7,9-12,18,23,26,33H,2-5,8,13-17,19-21,29H2,1H3,(H,31,32)/t23?,26-,40?/m0/s1. The molecule has 1 aliphatic carbocycles. The van der Waals surface area contributed by atoms with Gasteiger partial charge in [0, 0.05) is 25.2 Å². The zero-order chi connectivity index (χ0) is 29.0. The van der Waals surface area contributed by atoms with Gasteiger partial charge in [-0.3, -0.25) is 9.59 Å². The van der Waals surface area contributed by atoms with E-state index in [9.17, 15) is 14.5 Å². The van der Waals surface area contributed by atoms with Crippen molar-refractivity contribution in [3.8, 4) is 5.75 Å². The van der Waals surface area contributed by atoms with Crippen LogP contribution in [0.15, 0.2) is 48.3 Å². The summed E-state index contributed by atoms with van der Waals surface area (Å²) in [5.41, 5.74) is 6.20. The molecule has 0 bridgehead atoms. The molecule has 1 aromatic carbocycles. The van der Waals surface area contributed by atoms with E-state index < -0.39 is 27.2 Å². The van der Waals surface area contributed by atoms with E-state index in [1.807, 2.05) is 36.4 Å².